The van der Waals surface area contributed by atoms with Gasteiger partial charge in [-0.1, -0.05) is 11.6 Å². The molecule has 1 aromatic heterocycles. The van der Waals surface area contributed by atoms with Crippen molar-refractivity contribution in [3.05, 3.63) is 21.3 Å². The minimum atomic E-state index is 0.766. The number of hydrogen-bond donors (Lipinski definition) is 1. The highest BCUT2D eigenvalue weighted by atomic mass is 35.5. The summed E-state index contributed by atoms with van der Waals surface area (Å²) in [6.45, 7) is 8.24. The van der Waals surface area contributed by atoms with Crippen molar-refractivity contribution in [2.75, 3.05) is 39.3 Å². The predicted octanol–water partition coefficient (Wildman–Crippen LogP) is 1.88. The van der Waals surface area contributed by atoms with Gasteiger partial charge in [-0.25, -0.2) is 0 Å². The fourth-order valence-corrected chi connectivity index (χ4v) is 4.07. The highest BCUT2D eigenvalue weighted by Gasteiger charge is 2.28. The van der Waals surface area contributed by atoms with Crippen molar-refractivity contribution in [1.29, 1.82) is 0 Å². The molecule has 0 aromatic carbocycles. The zero-order valence-electron chi connectivity index (χ0n) is 10.6. The third kappa shape index (κ3) is 3.06. The maximum absolute atomic E-state index is 5.97. The second kappa shape index (κ2) is 5.88. The molecule has 2 aliphatic heterocycles. The quantitative estimate of drug-likeness (QED) is 0.915. The van der Waals surface area contributed by atoms with Gasteiger partial charge in [0.05, 0.1) is 5.02 Å². The molecular weight excluding hydrogens is 266 g/mol. The van der Waals surface area contributed by atoms with Gasteiger partial charge in [-0.3, -0.25) is 9.80 Å². The van der Waals surface area contributed by atoms with Crippen molar-refractivity contribution in [1.82, 2.24) is 15.1 Å². The smallest absolute Gasteiger partial charge is 0.0516 e. The first-order valence-corrected chi connectivity index (χ1v) is 7.97. The monoisotopic (exact) mass is 285 g/mol. The van der Waals surface area contributed by atoms with Crippen LogP contribution in [0.1, 0.15) is 11.3 Å². The van der Waals surface area contributed by atoms with Crippen molar-refractivity contribution >= 4 is 22.9 Å². The number of halogens is 1. The molecule has 1 unspecified atom stereocenters. The molecule has 2 fully saturated rings. The minimum absolute atomic E-state index is 0.766. The van der Waals surface area contributed by atoms with E-state index in [9.17, 15) is 0 Å². The van der Waals surface area contributed by atoms with E-state index in [1.54, 1.807) is 11.3 Å². The third-order valence-corrected chi connectivity index (χ3v) is 5.19. The van der Waals surface area contributed by atoms with Gasteiger partial charge in [0, 0.05) is 62.1 Å². The summed E-state index contributed by atoms with van der Waals surface area (Å²) < 4.78 is 0. The van der Waals surface area contributed by atoms with Crippen LogP contribution in [-0.4, -0.2) is 55.1 Å². The summed E-state index contributed by atoms with van der Waals surface area (Å²) in [6.07, 6.45) is 1.32. The number of likely N-dealkylation sites (tertiary alicyclic amines) is 1. The Morgan fingerprint density at radius 3 is 2.89 bits per heavy atom. The van der Waals surface area contributed by atoms with E-state index in [2.05, 4.69) is 21.2 Å². The van der Waals surface area contributed by atoms with Crippen LogP contribution in [0.5, 0.6) is 0 Å². The van der Waals surface area contributed by atoms with Crippen molar-refractivity contribution in [3.63, 3.8) is 0 Å². The number of nitrogens with one attached hydrogen (secondary N) is 1. The molecule has 0 saturated carbocycles. The van der Waals surface area contributed by atoms with Gasteiger partial charge in [0.25, 0.3) is 0 Å². The fourth-order valence-electron chi connectivity index (χ4n) is 2.96. The van der Waals surface area contributed by atoms with E-state index in [4.69, 9.17) is 11.6 Å². The highest BCUT2D eigenvalue weighted by Crippen LogP contribution is 2.23. The van der Waals surface area contributed by atoms with Gasteiger partial charge in [0.2, 0.25) is 0 Å². The van der Waals surface area contributed by atoms with Crippen molar-refractivity contribution in [2.24, 2.45) is 0 Å². The van der Waals surface area contributed by atoms with Crippen LogP contribution in [0.15, 0.2) is 11.4 Å². The molecule has 100 valence electrons. The highest BCUT2D eigenvalue weighted by molar-refractivity contribution is 7.10. The van der Waals surface area contributed by atoms with E-state index >= 15 is 0 Å². The summed E-state index contributed by atoms with van der Waals surface area (Å²) in [5.41, 5.74) is 0. The van der Waals surface area contributed by atoms with E-state index in [0.717, 1.165) is 30.7 Å². The van der Waals surface area contributed by atoms with Crippen LogP contribution in [0.2, 0.25) is 5.02 Å². The predicted molar refractivity (Wildman–Crippen MR) is 77.5 cm³/mol. The van der Waals surface area contributed by atoms with Crippen LogP contribution in [0.25, 0.3) is 0 Å². The number of piperazine rings is 1. The molecule has 1 N–H and O–H groups in total. The van der Waals surface area contributed by atoms with Crippen LogP contribution in [-0.2, 0) is 6.54 Å². The molecule has 3 heterocycles. The van der Waals surface area contributed by atoms with E-state index in [1.165, 1.54) is 37.5 Å². The molecule has 0 aliphatic carbocycles. The van der Waals surface area contributed by atoms with Gasteiger partial charge in [-0.05, 0) is 12.5 Å². The fraction of sp³-hybridized carbons (Fsp3) is 0.692. The summed E-state index contributed by atoms with van der Waals surface area (Å²) in [6, 6.07) is 2.87. The Kier molecular flexibility index (Phi) is 4.21. The maximum atomic E-state index is 5.97. The minimum Gasteiger partial charge on any atom is -0.314 e. The molecule has 18 heavy (non-hydrogen) atoms. The van der Waals surface area contributed by atoms with E-state index in [1.807, 2.05) is 5.38 Å². The van der Waals surface area contributed by atoms with Crippen molar-refractivity contribution in [2.45, 2.75) is 19.0 Å². The van der Waals surface area contributed by atoms with Gasteiger partial charge in [-0.2, -0.15) is 0 Å². The Hall–Kier alpha value is -0.130. The summed E-state index contributed by atoms with van der Waals surface area (Å²) in [5, 5.41) is 6.33. The maximum Gasteiger partial charge on any atom is 0.0516 e. The third-order valence-electron chi connectivity index (χ3n) is 3.92. The molecule has 0 bridgehead atoms. The largest absolute Gasteiger partial charge is 0.314 e. The molecule has 0 radical (unpaired) electrons. The van der Waals surface area contributed by atoms with Crippen LogP contribution in [0.4, 0.5) is 0 Å². The Morgan fingerprint density at radius 1 is 1.33 bits per heavy atom. The number of thiophene rings is 1. The van der Waals surface area contributed by atoms with Gasteiger partial charge in [0.15, 0.2) is 0 Å². The molecule has 1 atom stereocenters. The van der Waals surface area contributed by atoms with Crippen LogP contribution >= 0.6 is 22.9 Å². The van der Waals surface area contributed by atoms with Gasteiger partial charge < -0.3 is 5.32 Å². The zero-order chi connectivity index (χ0) is 12.4. The molecule has 3 nitrogen and oxygen atoms in total. The first kappa shape index (κ1) is 12.9. The Bertz CT molecular complexity index is 389. The first-order chi connectivity index (χ1) is 8.81. The summed E-state index contributed by atoms with van der Waals surface area (Å²) >= 11 is 7.75. The van der Waals surface area contributed by atoms with Crippen LogP contribution < -0.4 is 5.32 Å². The zero-order valence-corrected chi connectivity index (χ0v) is 12.1. The van der Waals surface area contributed by atoms with Gasteiger partial charge in [-0.15, -0.1) is 11.3 Å². The van der Waals surface area contributed by atoms with E-state index < -0.39 is 0 Å². The standard InChI is InChI=1S/C13H20ClN3S/c14-11-7-13(18-10-11)9-16-4-1-12(8-16)17-5-2-15-3-6-17/h7,10,12,15H,1-6,8-9H2. The molecular formula is C13H20ClN3S. The molecule has 0 spiro atoms. The Labute approximate surface area is 118 Å². The summed E-state index contributed by atoms with van der Waals surface area (Å²) in [7, 11) is 0. The van der Waals surface area contributed by atoms with Crippen molar-refractivity contribution in [3.8, 4) is 0 Å². The number of rotatable bonds is 3. The van der Waals surface area contributed by atoms with E-state index in [0.29, 0.717) is 0 Å². The molecule has 2 saturated heterocycles. The summed E-state index contributed by atoms with van der Waals surface area (Å²) in [5.74, 6) is 0. The molecule has 5 heteroatoms. The average molecular weight is 286 g/mol. The second-order valence-corrected chi connectivity index (χ2v) is 6.63. The van der Waals surface area contributed by atoms with Gasteiger partial charge >= 0.3 is 0 Å². The molecule has 3 rings (SSSR count). The Balaban J connectivity index is 1.51. The van der Waals surface area contributed by atoms with E-state index in [-0.39, 0.29) is 0 Å². The van der Waals surface area contributed by atoms with Crippen LogP contribution in [0.3, 0.4) is 0 Å². The first-order valence-electron chi connectivity index (χ1n) is 6.71. The normalized spacial score (nSPS) is 26.8. The van der Waals surface area contributed by atoms with Gasteiger partial charge in [0.1, 0.15) is 0 Å². The SMILES string of the molecule is Clc1csc(CN2CCC(N3CCNCC3)C2)c1. The number of hydrogen-bond acceptors (Lipinski definition) is 4. The Morgan fingerprint density at radius 2 is 2.17 bits per heavy atom. The lowest BCUT2D eigenvalue weighted by Crippen LogP contribution is -2.49. The molecule has 1 aromatic rings. The average Bonchev–Trinajstić information content (AvgIpc) is 3.01. The topological polar surface area (TPSA) is 18.5 Å². The lowest BCUT2D eigenvalue weighted by atomic mass is 10.2. The molecule has 0 amide bonds. The summed E-state index contributed by atoms with van der Waals surface area (Å²) in [4.78, 5) is 6.60. The lowest BCUT2D eigenvalue weighted by Gasteiger charge is -2.32. The van der Waals surface area contributed by atoms with Crippen molar-refractivity contribution < 1.29 is 0 Å². The molecule has 2 aliphatic rings. The number of nitrogens with zero attached hydrogens (tertiary/aromatic N) is 2. The van der Waals surface area contributed by atoms with Crippen LogP contribution in [0, 0.1) is 0 Å². The second-order valence-electron chi connectivity index (χ2n) is 5.19. The lowest BCUT2D eigenvalue weighted by molar-refractivity contribution is 0.170.